The molecule has 112 valence electrons. The molecule has 2 aromatic carbocycles. The van der Waals surface area contributed by atoms with Crippen molar-refractivity contribution in [1.29, 1.82) is 0 Å². The van der Waals surface area contributed by atoms with E-state index in [1.807, 2.05) is 11.8 Å². The minimum Gasteiger partial charge on any atom is -0.309 e. The topological polar surface area (TPSA) is 12.0 Å². The van der Waals surface area contributed by atoms with Crippen molar-refractivity contribution in [1.82, 2.24) is 5.32 Å². The summed E-state index contributed by atoms with van der Waals surface area (Å²) in [7, 11) is 0. The fourth-order valence-corrected chi connectivity index (χ4v) is 3.35. The Labute approximate surface area is 133 Å². The van der Waals surface area contributed by atoms with Crippen LogP contribution in [0.3, 0.4) is 0 Å². The molecule has 0 heterocycles. The summed E-state index contributed by atoms with van der Waals surface area (Å²) in [6.07, 6.45) is 0. The summed E-state index contributed by atoms with van der Waals surface area (Å²) in [6, 6.07) is 20.1. The fourth-order valence-electron chi connectivity index (χ4n) is 2.33. The van der Waals surface area contributed by atoms with Crippen LogP contribution in [0.5, 0.6) is 0 Å². The van der Waals surface area contributed by atoms with Crippen molar-refractivity contribution in [3.05, 3.63) is 65.7 Å². The van der Waals surface area contributed by atoms with E-state index in [9.17, 15) is 0 Å². The van der Waals surface area contributed by atoms with E-state index in [0.29, 0.717) is 12.0 Å². The van der Waals surface area contributed by atoms with Crippen molar-refractivity contribution >= 4 is 11.8 Å². The van der Waals surface area contributed by atoms with Crippen LogP contribution in [0.4, 0.5) is 0 Å². The van der Waals surface area contributed by atoms with Gasteiger partial charge in [0.05, 0.1) is 0 Å². The Kier molecular flexibility index (Phi) is 6.34. The van der Waals surface area contributed by atoms with Gasteiger partial charge >= 0.3 is 0 Å². The first-order chi connectivity index (χ1) is 10.2. The molecular weight excluding hydrogens is 274 g/mol. The van der Waals surface area contributed by atoms with E-state index in [1.165, 1.54) is 16.0 Å². The molecule has 1 unspecified atom stereocenters. The smallest absolute Gasteiger partial charge is 0.0415 e. The Bertz CT molecular complexity index is 519. The van der Waals surface area contributed by atoms with Gasteiger partial charge < -0.3 is 5.32 Å². The van der Waals surface area contributed by atoms with Crippen molar-refractivity contribution in [2.24, 2.45) is 0 Å². The number of hydrogen-bond acceptors (Lipinski definition) is 2. The second kappa shape index (κ2) is 8.26. The van der Waals surface area contributed by atoms with Crippen molar-refractivity contribution in [2.75, 3.05) is 12.3 Å². The van der Waals surface area contributed by atoms with E-state index in [-0.39, 0.29) is 0 Å². The Morgan fingerprint density at radius 1 is 0.905 bits per heavy atom. The molecule has 1 N–H and O–H groups in total. The molecule has 2 aromatic rings. The first kappa shape index (κ1) is 16.1. The van der Waals surface area contributed by atoms with E-state index in [4.69, 9.17) is 0 Å². The van der Waals surface area contributed by atoms with Crippen LogP contribution in [0.2, 0.25) is 0 Å². The van der Waals surface area contributed by atoms with Crippen LogP contribution in [0.1, 0.15) is 43.9 Å². The lowest BCUT2D eigenvalue weighted by atomic mass is 9.99. The zero-order chi connectivity index (χ0) is 15.1. The van der Waals surface area contributed by atoms with Crippen LogP contribution in [0.25, 0.3) is 0 Å². The first-order valence-electron chi connectivity index (χ1n) is 7.71. The highest BCUT2D eigenvalue weighted by Crippen LogP contribution is 2.25. The van der Waals surface area contributed by atoms with Crippen LogP contribution >= 0.6 is 11.8 Å². The Hall–Kier alpha value is -1.25. The third-order valence-corrected chi connectivity index (χ3v) is 4.72. The maximum absolute atomic E-state index is 3.60. The second-order valence-corrected chi connectivity index (χ2v) is 6.65. The number of benzene rings is 2. The van der Waals surface area contributed by atoms with E-state index in [0.717, 1.165) is 12.3 Å². The summed E-state index contributed by atoms with van der Waals surface area (Å²) in [5.41, 5.74) is 2.79. The number of nitrogens with one attached hydrogen (secondary N) is 1. The lowest BCUT2D eigenvalue weighted by molar-refractivity contribution is 0.605. The van der Waals surface area contributed by atoms with Gasteiger partial charge in [0, 0.05) is 16.7 Å². The Morgan fingerprint density at radius 2 is 1.52 bits per heavy atom. The number of rotatable bonds is 7. The van der Waals surface area contributed by atoms with Crippen molar-refractivity contribution in [3.63, 3.8) is 0 Å². The van der Waals surface area contributed by atoms with E-state index in [1.54, 1.807) is 0 Å². The summed E-state index contributed by atoms with van der Waals surface area (Å²) >= 11 is 1.91. The Balaban J connectivity index is 2.04. The molecule has 0 radical (unpaired) electrons. The summed E-state index contributed by atoms with van der Waals surface area (Å²) in [6.45, 7) is 7.64. The van der Waals surface area contributed by atoms with Gasteiger partial charge in [0.2, 0.25) is 0 Å². The standard InChI is InChI=1S/C19H25NS/c1-4-20-19(14-21-18-8-6-5-7-9-18)17-12-10-16(11-13-17)15(2)3/h5-13,15,19-20H,4,14H2,1-3H3. The summed E-state index contributed by atoms with van der Waals surface area (Å²) in [5.74, 6) is 1.65. The average Bonchev–Trinajstić information content (AvgIpc) is 2.52. The monoisotopic (exact) mass is 299 g/mol. The molecule has 21 heavy (non-hydrogen) atoms. The maximum atomic E-state index is 3.60. The molecule has 1 atom stereocenters. The van der Waals surface area contributed by atoms with Gasteiger partial charge in [-0.15, -0.1) is 11.8 Å². The van der Waals surface area contributed by atoms with Crippen molar-refractivity contribution < 1.29 is 0 Å². The van der Waals surface area contributed by atoms with Crippen LogP contribution < -0.4 is 5.32 Å². The van der Waals surface area contributed by atoms with Gasteiger partial charge in [-0.05, 0) is 35.7 Å². The quantitative estimate of drug-likeness (QED) is 0.700. The molecule has 0 bridgehead atoms. The summed E-state index contributed by atoms with van der Waals surface area (Å²) in [4.78, 5) is 1.33. The van der Waals surface area contributed by atoms with E-state index in [2.05, 4.69) is 80.7 Å². The SMILES string of the molecule is CCNC(CSc1ccccc1)c1ccc(C(C)C)cc1. The second-order valence-electron chi connectivity index (χ2n) is 5.56. The third-order valence-electron chi connectivity index (χ3n) is 3.62. The van der Waals surface area contributed by atoms with Crippen molar-refractivity contribution in [2.45, 2.75) is 37.6 Å². The minimum atomic E-state index is 0.404. The normalized spacial score (nSPS) is 12.6. The van der Waals surface area contributed by atoms with Crippen LogP contribution in [0, 0.1) is 0 Å². The largest absolute Gasteiger partial charge is 0.309 e. The van der Waals surface area contributed by atoms with Crippen LogP contribution in [-0.4, -0.2) is 12.3 Å². The van der Waals surface area contributed by atoms with Crippen LogP contribution in [-0.2, 0) is 0 Å². The van der Waals surface area contributed by atoms with Gasteiger partial charge in [0.1, 0.15) is 0 Å². The minimum absolute atomic E-state index is 0.404. The molecule has 2 rings (SSSR count). The zero-order valence-electron chi connectivity index (χ0n) is 13.2. The van der Waals surface area contributed by atoms with Gasteiger partial charge in [-0.3, -0.25) is 0 Å². The van der Waals surface area contributed by atoms with Gasteiger partial charge in [-0.25, -0.2) is 0 Å². The van der Waals surface area contributed by atoms with Gasteiger partial charge in [0.25, 0.3) is 0 Å². The molecule has 1 nitrogen and oxygen atoms in total. The predicted molar refractivity (Wildman–Crippen MR) is 94.1 cm³/mol. The first-order valence-corrected chi connectivity index (χ1v) is 8.70. The molecule has 0 saturated heterocycles. The number of thioether (sulfide) groups is 1. The molecule has 0 aliphatic carbocycles. The lowest BCUT2D eigenvalue weighted by Crippen LogP contribution is -2.22. The number of hydrogen-bond donors (Lipinski definition) is 1. The molecule has 0 spiro atoms. The zero-order valence-corrected chi connectivity index (χ0v) is 14.0. The van der Waals surface area contributed by atoms with Gasteiger partial charge in [-0.2, -0.15) is 0 Å². The van der Waals surface area contributed by atoms with Crippen LogP contribution in [0.15, 0.2) is 59.5 Å². The van der Waals surface area contributed by atoms with E-state index < -0.39 is 0 Å². The summed E-state index contributed by atoms with van der Waals surface area (Å²) in [5, 5.41) is 3.60. The highest BCUT2D eigenvalue weighted by molar-refractivity contribution is 7.99. The molecule has 2 heteroatoms. The average molecular weight is 299 g/mol. The highest BCUT2D eigenvalue weighted by atomic mass is 32.2. The van der Waals surface area contributed by atoms with Gasteiger partial charge in [-0.1, -0.05) is 63.2 Å². The van der Waals surface area contributed by atoms with Gasteiger partial charge in [0.15, 0.2) is 0 Å². The van der Waals surface area contributed by atoms with E-state index >= 15 is 0 Å². The fraction of sp³-hybridized carbons (Fsp3) is 0.368. The van der Waals surface area contributed by atoms with Crippen molar-refractivity contribution in [3.8, 4) is 0 Å². The molecule has 0 fully saturated rings. The Morgan fingerprint density at radius 3 is 2.10 bits per heavy atom. The highest BCUT2D eigenvalue weighted by Gasteiger charge is 2.11. The molecule has 0 amide bonds. The molecule has 0 aliphatic heterocycles. The lowest BCUT2D eigenvalue weighted by Gasteiger charge is -2.19. The molecule has 0 aliphatic rings. The molecule has 0 saturated carbocycles. The summed E-state index contributed by atoms with van der Waals surface area (Å²) < 4.78 is 0. The molecular formula is C19H25NS. The maximum Gasteiger partial charge on any atom is 0.0415 e. The molecule has 0 aromatic heterocycles. The predicted octanol–water partition coefficient (Wildman–Crippen LogP) is 5.25. The third kappa shape index (κ3) is 4.90.